The van der Waals surface area contributed by atoms with E-state index in [1.54, 1.807) is 0 Å². The van der Waals surface area contributed by atoms with E-state index >= 15 is 0 Å². The summed E-state index contributed by atoms with van der Waals surface area (Å²) in [5.41, 5.74) is 7.69. The molecule has 2 rings (SSSR count). The molecule has 0 bridgehead atoms. The summed E-state index contributed by atoms with van der Waals surface area (Å²) in [6, 6.07) is 9.69. The van der Waals surface area contributed by atoms with Crippen molar-refractivity contribution in [3.8, 4) is 0 Å². The molecule has 0 unspecified atom stereocenters. The number of aromatic nitrogens is 2. The van der Waals surface area contributed by atoms with Gasteiger partial charge in [-0.15, -0.1) is 0 Å². The highest BCUT2D eigenvalue weighted by Crippen LogP contribution is 2.17. The second-order valence-electron chi connectivity index (χ2n) is 3.41. The number of rotatable bonds is 3. The molecule has 0 fully saturated rings. The minimum Gasteiger partial charge on any atom is -0.382 e. The maximum Gasteiger partial charge on any atom is 0.145 e. The molecule has 1 aromatic heterocycles. The second kappa shape index (κ2) is 4.36. The standard InChI is InChI=1S/C11H12ClN3/c12-10-4-2-1-3-8(10)5-6-9-7-11(13)15-14-9/h1-4,7H,5-6H2,(H3,13,14,15). The first-order chi connectivity index (χ1) is 7.25. The monoisotopic (exact) mass is 221 g/mol. The molecule has 78 valence electrons. The molecule has 0 atom stereocenters. The van der Waals surface area contributed by atoms with Crippen LogP contribution in [0, 0.1) is 0 Å². The van der Waals surface area contributed by atoms with Gasteiger partial charge in [0.2, 0.25) is 0 Å². The maximum absolute atomic E-state index is 6.05. The van der Waals surface area contributed by atoms with E-state index in [-0.39, 0.29) is 0 Å². The van der Waals surface area contributed by atoms with Gasteiger partial charge in [0.15, 0.2) is 0 Å². The first-order valence-corrected chi connectivity index (χ1v) is 5.16. The number of halogens is 1. The van der Waals surface area contributed by atoms with Crippen LogP contribution in [0.2, 0.25) is 5.02 Å². The highest BCUT2D eigenvalue weighted by atomic mass is 35.5. The number of benzene rings is 1. The molecule has 4 heteroatoms. The summed E-state index contributed by atoms with van der Waals surface area (Å²) in [6.07, 6.45) is 1.76. The fraction of sp³-hybridized carbons (Fsp3) is 0.182. The van der Waals surface area contributed by atoms with Crippen LogP contribution in [0.4, 0.5) is 5.82 Å². The maximum atomic E-state index is 6.05. The molecule has 0 aliphatic carbocycles. The normalized spacial score (nSPS) is 10.5. The van der Waals surface area contributed by atoms with E-state index in [1.807, 2.05) is 30.3 Å². The Kier molecular flexibility index (Phi) is 2.92. The number of aromatic amines is 1. The minimum atomic E-state index is 0.532. The van der Waals surface area contributed by atoms with Crippen LogP contribution in [-0.4, -0.2) is 10.2 Å². The zero-order chi connectivity index (χ0) is 10.7. The largest absolute Gasteiger partial charge is 0.382 e. The van der Waals surface area contributed by atoms with Crippen molar-refractivity contribution in [2.45, 2.75) is 12.8 Å². The highest BCUT2D eigenvalue weighted by Gasteiger charge is 2.01. The smallest absolute Gasteiger partial charge is 0.145 e. The molecular weight excluding hydrogens is 210 g/mol. The zero-order valence-electron chi connectivity index (χ0n) is 8.20. The number of H-pyrrole nitrogens is 1. The molecule has 3 nitrogen and oxygen atoms in total. The number of nitrogens with zero attached hydrogens (tertiary/aromatic N) is 1. The Balaban J connectivity index is 2.02. The van der Waals surface area contributed by atoms with Gasteiger partial charge in [-0.1, -0.05) is 29.8 Å². The molecule has 3 N–H and O–H groups in total. The van der Waals surface area contributed by atoms with Gasteiger partial charge in [-0.2, -0.15) is 5.10 Å². The Bertz CT molecular complexity index is 451. The van der Waals surface area contributed by atoms with E-state index in [1.165, 1.54) is 0 Å². The lowest BCUT2D eigenvalue weighted by atomic mass is 10.1. The minimum absolute atomic E-state index is 0.532. The molecule has 0 aliphatic heterocycles. The summed E-state index contributed by atoms with van der Waals surface area (Å²) < 4.78 is 0. The number of nitrogens with one attached hydrogen (secondary N) is 1. The Morgan fingerprint density at radius 1 is 1.27 bits per heavy atom. The number of aryl methyl sites for hydroxylation is 2. The molecule has 0 aliphatic rings. The van der Waals surface area contributed by atoms with Gasteiger partial charge in [0.05, 0.1) is 0 Å². The van der Waals surface area contributed by atoms with Crippen molar-refractivity contribution in [2.24, 2.45) is 0 Å². The lowest BCUT2D eigenvalue weighted by molar-refractivity contribution is 0.894. The summed E-state index contributed by atoms with van der Waals surface area (Å²) in [6.45, 7) is 0. The molecule has 0 spiro atoms. The number of hydrogen-bond acceptors (Lipinski definition) is 2. The second-order valence-corrected chi connectivity index (χ2v) is 3.82. The van der Waals surface area contributed by atoms with Crippen LogP contribution < -0.4 is 5.73 Å². The first kappa shape index (κ1) is 10.1. The van der Waals surface area contributed by atoms with Crippen LogP contribution in [-0.2, 0) is 12.8 Å². The van der Waals surface area contributed by atoms with E-state index < -0.39 is 0 Å². The predicted octanol–water partition coefficient (Wildman–Crippen LogP) is 2.43. The third kappa shape index (κ3) is 2.50. The lowest BCUT2D eigenvalue weighted by Gasteiger charge is -2.01. The van der Waals surface area contributed by atoms with Gasteiger partial charge in [0.1, 0.15) is 5.82 Å². The van der Waals surface area contributed by atoms with Crippen molar-refractivity contribution < 1.29 is 0 Å². The fourth-order valence-corrected chi connectivity index (χ4v) is 1.71. The lowest BCUT2D eigenvalue weighted by Crippen LogP contribution is -1.92. The average molecular weight is 222 g/mol. The quantitative estimate of drug-likeness (QED) is 0.837. The zero-order valence-corrected chi connectivity index (χ0v) is 8.96. The number of anilines is 1. The van der Waals surface area contributed by atoms with Crippen LogP contribution >= 0.6 is 11.6 Å². The Morgan fingerprint density at radius 2 is 2.07 bits per heavy atom. The summed E-state index contributed by atoms with van der Waals surface area (Å²) in [5, 5.41) is 7.56. The Hall–Kier alpha value is -1.48. The van der Waals surface area contributed by atoms with E-state index in [2.05, 4.69) is 10.2 Å². The third-order valence-electron chi connectivity index (χ3n) is 2.27. The van der Waals surface area contributed by atoms with Crippen molar-refractivity contribution in [3.05, 3.63) is 46.6 Å². The number of hydrogen-bond donors (Lipinski definition) is 2. The van der Waals surface area contributed by atoms with Gasteiger partial charge < -0.3 is 5.73 Å². The Labute approximate surface area is 93.3 Å². The van der Waals surface area contributed by atoms with Gasteiger partial charge in [0.25, 0.3) is 0 Å². The van der Waals surface area contributed by atoms with E-state index in [4.69, 9.17) is 17.3 Å². The number of nitrogen functional groups attached to an aromatic ring is 1. The molecule has 0 saturated heterocycles. The van der Waals surface area contributed by atoms with E-state index in [9.17, 15) is 0 Å². The van der Waals surface area contributed by atoms with Crippen LogP contribution in [0.5, 0.6) is 0 Å². The van der Waals surface area contributed by atoms with Crippen LogP contribution in [0.1, 0.15) is 11.3 Å². The highest BCUT2D eigenvalue weighted by molar-refractivity contribution is 6.31. The molecule has 1 heterocycles. The summed E-state index contributed by atoms with van der Waals surface area (Å²) in [4.78, 5) is 0. The summed E-state index contributed by atoms with van der Waals surface area (Å²) in [5.74, 6) is 0.532. The van der Waals surface area contributed by atoms with Crippen molar-refractivity contribution in [2.75, 3.05) is 5.73 Å². The third-order valence-corrected chi connectivity index (χ3v) is 2.64. The summed E-state index contributed by atoms with van der Waals surface area (Å²) in [7, 11) is 0. The molecule has 0 amide bonds. The van der Waals surface area contributed by atoms with Crippen molar-refractivity contribution in [3.63, 3.8) is 0 Å². The van der Waals surface area contributed by atoms with Gasteiger partial charge in [-0.25, -0.2) is 0 Å². The molecule has 2 aromatic rings. The van der Waals surface area contributed by atoms with Gasteiger partial charge in [0, 0.05) is 16.8 Å². The van der Waals surface area contributed by atoms with Gasteiger partial charge >= 0.3 is 0 Å². The first-order valence-electron chi connectivity index (χ1n) is 4.79. The Morgan fingerprint density at radius 3 is 2.73 bits per heavy atom. The fourth-order valence-electron chi connectivity index (χ4n) is 1.48. The van der Waals surface area contributed by atoms with Crippen LogP contribution in [0.3, 0.4) is 0 Å². The predicted molar refractivity (Wildman–Crippen MR) is 61.9 cm³/mol. The van der Waals surface area contributed by atoms with Gasteiger partial charge in [-0.05, 0) is 24.5 Å². The number of nitrogens with two attached hydrogens (primary N) is 1. The van der Waals surface area contributed by atoms with Gasteiger partial charge in [-0.3, -0.25) is 5.10 Å². The molecule has 0 saturated carbocycles. The SMILES string of the molecule is Nc1cc(CCc2ccccc2Cl)[nH]n1. The van der Waals surface area contributed by atoms with E-state index in [0.29, 0.717) is 5.82 Å². The molecular formula is C11H12ClN3. The molecule has 15 heavy (non-hydrogen) atoms. The topological polar surface area (TPSA) is 54.7 Å². The van der Waals surface area contributed by atoms with Crippen LogP contribution in [0.25, 0.3) is 0 Å². The molecule has 1 aromatic carbocycles. The van der Waals surface area contributed by atoms with Crippen LogP contribution in [0.15, 0.2) is 30.3 Å². The summed E-state index contributed by atoms with van der Waals surface area (Å²) >= 11 is 6.05. The molecule has 0 radical (unpaired) electrons. The van der Waals surface area contributed by atoms with Crippen molar-refractivity contribution in [1.82, 2.24) is 10.2 Å². The van der Waals surface area contributed by atoms with E-state index in [0.717, 1.165) is 29.1 Å². The van der Waals surface area contributed by atoms with Crippen molar-refractivity contribution in [1.29, 1.82) is 0 Å². The van der Waals surface area contributed by atoms with Crippen molar-refractivity contribution >= 4 is 17.4 Å². The average Bonchev–Trinajstić information content (AvgIpc) is 2.63.